The van der Waals surface area contributed by atoms with E-state index in [-0.39, 0.29) is 11.9 Å². The summed E-state index contributed by atoms with van der Waals surface area (Å²) in [6.45, 7) is 1.85. The number of nitrogens with two attached hydrogens (primary N) is 1. The van der Waals surface area contributed by atoms with Crippen molar-refractivity contribution in [1.82, 2.24) is 0 Å². The summed E-state index contributed by atoms with van der Waals surface area (Å²) in [5.41, 5.74) is 6.91. The van der Waals surface area contributed by atoms with E-state index < -0.39 is 0 Å². The Morgan fingerprint density at radius 1 is 1.43 bits per heavy atom. The van der Waals surface area contributed by atoms with Gasteiger partial charge in [-0.05, 0) is 37.8 Å². The lowest BCUT2D eigenvalue weighted by molar-refractivity contribution is 0.115. The first-order chi connectivity index (χ1) is 6.66. The van der Waals surface area contributed by atoms with Crippen LogP contribution in [0, 0.1) is 12.7 Å². The van der Waals surface area contributed by atoms with Crippen LogP contribution in [0.15, 0.2) is 12.1 Å². The molecular weight excluding hydrogens is 181 g/mol. The highest BCUT2D eigenvalue weighted by Crippen LogP contribution is 2.29. The van der Waals surface area contributed by atoms with Crippen LogP contribution < -0.4 is 10.5 Å². The molecule has 0 aliphatic heterocycles. The molecule has 1 saturated carbocycles. The molecule has 0 unspecified atom stereocenters. The lowest BCUT2D eigenvalue weighted by atomic mass is 9.96. The highest BCUT2D eigenvalue weighted by Gasteiger charge is 2.20. The molecule has 2 nitrogen and oxygen atoms in total. The minimum absolute atomic E-state index is 0.201. The second kappa shape index (κ2) is 3.48. The van der Waals surface area contributed by atoms with Gasteiger partial charge in [-0.15, -0.1) is 0 Å². The van der Waals surface area contributed by atoms with Gasteiger partial charge >= 0.3 is 0 Å². The highest BCUT2D eigenvalue weighted by molar-refractivity contribution is 5.50. The van der Waals surface area contributed by atoms with Crippen LogP contribution in [0.25, 0.3) is 0 Å². The van der Waals surface area contributed by atoms with E-state index in [4.69, 9.17) is 10.5 Å². The molecule has 2 N–H and O–H groups in total. The fourth-order valence-corrected chi connectivity index (χ4v) is 1.43. The molecule has 14 heavy (non-hydrogen) atoms. The molecule has 1 aromatic carbocycles. The van der Waals surface area contributed by atoms with E-state index in [1.54, 1.807) is 6.07 Å². The van der Waals surface area contributed by atoms with Gasteiger partial charge in [0.05, 0.1) is 6.10 Å². The lowest BCUT2D eigenvalue weighted by Crippen LogP contribution is -2.25. The Morgan fingerprint density at radius 3 is 2.71 bits per heavy atom. The van der Waals surface area contributed by atoms with Gasteiger partial charge in [0.1, 0.15) is 0 Å². The van der Waals surface area contributed by atoms with Crippen LogP contribution in [-0.2, 0) is 0 Å². The second-order valence-corrected chi connectivity index (χ2v) is 3.81. The van der Waals surface area contributed by atoms with Gasteiger partial charge in [-0.2, -0.15) is 0 Å². The van der Waals surface area contributed by atoms with E-state index in [1.165, 1.54) is 12.5 Å². The Kier molecular flexibility index (Phi) is 2.32. The molecule has 3 heteroatoms. The van der Waals surface area contributed by atoms with Crippen LogP contribution in [0.3, 0.4) is 0 Å². The second-order valence-electron chi connectivity index (χ2n) is 3.81. The standard InChI is InChI=1S/C11H14FNO/c1-7-5-11(9(12)6-10(7)13)14-8-3-2-4-8/h5-6,8H,2-4,13H2,1H3. The van der Waals surface area contributed by atoms with Gasteiger partial charge in [-0.25, -0.2) is 4.39 Å². The van der Waals surface area contributed by atoms with Gasteiger partial charge in [0.2, 0.25) is 0 Å². The van der Waals surface area contributed by atoms with Crippen LogP contribution in [0.1, 0.15) is 24.8 Å². The average molecular weight is 195 g/mol. The molecule has 0 spiro atoms. The summed E-state index contributed by atoms with van der Waals surface area (Å²) in [7, 11) is 0. The molecular formula is C11H14FNO. The number of ether oxygens (including phenoxy) is 1. The van der Waals surface area contributed by atoms with E-state index in [2.05, 4.69) is 0 Å². The molecule has 0 amide bonds. The van der Waals surface area contributed by atoms with Crippen molar-refractivity contribution < 1.29 is 9.13 Å². The smallest absolute Gasteiger partial charge is 0.167 e. The summed E-state index contributed by atoms with van der Waals surface area (Å²) in [5.74, 6) is -0.0265. The minimum atomic E-state index is -0.361. The number of hydrogen-bond donors (Lipinski definition) is 1. The first-order valence-electron chi connectivity index (χ1n) is 4.89. The summed E-state index contributed by atoms with van der Waals surface area (Å²) in [6, 6.07) is 2.99. The predicted molar refractivity (Wildman–Crippen MR) is 53.8 cm³/mol. The molecule has 1 aliphatic rings. The van der Waals surface area contributed by atoms with Crippen molar-refractivity contribution >= 4 is 5.69 Å². The average Bonchev–Trinajstić information content (AvgIpc) is 2.06. The number of nitrogen functional groups attached to an aromatic ring is 1. The summed E-state index contributed by atoms with van der Waals surface area (Å²) < 4.78 is 18.8. The number of anilines is 1. The number of benzene rings is 1. The normalized spacial score (nSPS) is 16.4. The molecule has 0 atom stereocenters. The number of rotatable bonds is 2. The van der Waals surface area contributed by atoms with Crippen molar-refractivity contribution in [3.8, 4) is 5.75 Å². The molecule has 1 aliphatic carbocycles. The molecule has 2 rings (SSSR count). The van der Waals surface area contributed by atoms with Gasteiger partial charge < -0.3 is 10.5 Å². The largest absolute Gasteiger partial charge is 0.487 e. The van der Waals surface area contributed by atoms with Crippen LogP contribution in [0.5, 0.6) is 5.75 Å². The molecule has 1 aromatic rings. The molecule has 0 saturated heterocycles. The Hall–Kier alpha value is -1.25. The minimum Gasteiger partial charge on any atom is -0.487 e. The molecule has 1 fully saturated rings. The molecule has 0 radical (unpaired) electrons. The van der Waals surface area contributed by atoms with Crippen molar-refractivity contribution in [1.29, 1.82) is 0 Å². The zero-order chi connectivity index (χ0) is 10.1. The maximum Gasteiger partial charge on any atom is 0.167 e. The third-order valence-corrected chi connectivity index (χ3v) is 2.67. The van der Waals surface area contributed by atoms with Crippen LogP contribution in [0.4, 0.5) is 10.1 Å². The number of halogens is 1. The Morgan fingerprint density at radius 2 is 2.14 bits per heavy atom. The van der Waals surface area contributed by atoms with Gasteiger partial charge in [0.25, 0.3) is 0 Å². The topological polar surface area (TPSA) is 35.2 Å². The Balaban J connectivity index is 2.19. The SMILES string of the molecule is Cc1cc(OC2CCC2)c(F)cc1N. The van der Waals surface area contributed by atoms with E-state index in [9.17, 15) is 4.39 Å². The van der Waals surface area contributed by atoms with E-state index in [0.29, 0.717) is 11.4 Å². The lowest BCUT2D eigenvalue weighted by Gasteiger charge is -2.26. The van der Waals surface area contributed by atoms with E-state index in [0.717, 1.165) is 18.4 Å². The van der Waals surface area contributed by atoms with Crippen LogP contribution in [0.2, 0.25) is 0 Å². The van der Waals surface area contributed by atoms with Gasteiger partial charge in [-0.1, -0.05) is 0 Å². The van der Waals surface area contributed by atoms with Crippen LogP contribution >= 0.6 is 0 Å². The number of aryl methyl sites for hydroxylation is 1. The van der Waals surface area contributed by atoms with Crippen molar-refractivity contribution in [2.75, 3.05) is 5.73 Å². The van der Waals surface area contributed by atoms with Gasteiger partial charge in [0, 0.05) is 11.8 Å². The predicted octanol–water partition coefficient (Wildman–Crippen LogP) is 2.65. The van der Waals surface area contributed by atoms with Crippen molar-refractivity contribution in [3.63, 3.8) is 0 Å². The maximum atomic E-state index is 13.3. The Labute approximate surface area is 82.9 Å². The summed E-state index contributed by atoms with van der Waals surface area (Å²) in [4.78, 5) is 0. The fourth-order valence-electron chi connectivity index (χ4n) is 1.43. The van der Waals surface area contributed by atoms with Gasteiger partial charge in [0.15, 0.2) is 11.6 Å². The molecule has 0 aromatic heterocycles. The first-order valence-corrected chi connectivity index (χ1v) is 4.89. The molecule has 76 valence electrons. The zero-order valence-corrected chi connectivity index (χ0v) is 8.22. The number of hydrogen-bond acceptors (Lipinski definition) is 2. The summed E-state index contributed by atoms with van der Waals surface area (Å²) in [6.07, 6.45) is 3.44. The van der Waals surface area contributed by atoms with Crippen molar-refractivity contribution in [2.24, 2.45) is 0 Å². The van der Waals surface area contributed by atoms with E-state index >= 15 is 0 Å². The van der Waals surface area contributed by atoms with Crippen LogP contribution in [-0.4, -0.2) is 6.10 Å². The summed E-state index contributed by atoms with van der Waals surface area (Å²) >= 11 is 0. The highest BCUT2D eigenvalue weighted by atomic mass is 19.1. The maximum absolute atomic E-state index is 13.3. The zero-order valence-electron chi connectivity index (χ0n) is 8.22. The monoisotopic (exact) mass is 195 g/mol. The van der Waals surface area contributed by atoms with Crippen molar-refractivity contribution in [2.45, 2.75) is 32.3 Å². The Bertz CT molecular complexity index is 347. The third kappa shape index (κ3) is 1.67. The van der Waals surface area contributed by atoms with Crippen molar-refractivity contribution in [3.05, 3.63) is 23.5 Å². The van der Waals surface area contributed by atoms with Gasteiger partial charge in [-0.3, -0.25) is 0 Å². The third-order valence-electron chi connectivity index (χ3n) is 2.67. The molecule has 0 heterocycles. The quantitative estimate of drug-likeness (QED) is 0.736. The first kappa shape index (κ1) is 9.31. The van der Waals surface area contributed by atoms with E-state index in [1.807, 2.05) is 6.92 Å². The molecule has 0 bridgehead atoms. The fraction of sp³-hybridized carbons (Fsp3) is 0.455. The summed E-state index contributed by atoms with van der Waals surface area (Å²) in [5, 5.41) is 0.